The number of aromatic nitrogens is 4. The van der Waals surface area contributed by atoms with Crippen molar-refractivity contribution in [2.24, 2.45) is 0 Å². The van der Waals surface area contributed by atoms with Crippen LogP contribution in [0.2, 0.25) is 10.0 Å². The van der Waals surface area contributed by atoms with E-state index >= 15 is 0 Å². The number of rotatable bonds is 9. The summed E-state index contributed by atoms with van der Waals surface area (Å²) >= 11 is 14.9. The lowest BCUT2D eigenvalue weighted by Crippen LogP contribution is -2.14. The predicted molar refractivity (Wildman–Crippen MR) is 139 cm³/mol. The first-order valence-corrected chi connectivity index (χ1v) is 13.1. The van der Waals surface area contributed by atoms with Gasteiger partial charge in [-0.1, -0.05) is 47.1 Å². The highest BCUT2D eigenvalue weighted by atomic mass is 35.5. The highest BCUT2D eigenvalue weighted by Gasteiger charge is 2.18. The van der Waals surface area contributed by atoms with Gasteiger partial charge in [0.25, 0.3) is 0 Å². The van der Waals surface area contributed by atoms with E-state index in [-0.39, 0.29) is 11.7 Å². The van der Waals surface area contributed by atoms with Gasteiger partial charge >= 0.3 is 0 Å². The van der Waals surface area contributed by atoms with Gasteiger partial charge in [0, 0.05) is 22.5 Å². The minimum atomic E-state index is -0.185. The molecule has 1 N–H and O–H groups in total. The normalized spacial score (nSPS) is 10.9. The van der Waals surface area contributed by atoms with Gasteiger partial charge in [0.15, 0.2) is 16.1 Å². The van der Waals surface area contributed by atoms with Crippen molar-refractivity contribution >= 4 is 57.3 Å². The van der Waals surface area contributed by atoms with E-state index in [1.165, 1.54) is 23.1 Å². The number of nitrogens with one attached hydrogen (secondary N) is 1. The zero-order valence-electron chi connectivity index (χ0n) is 18.4. The van der Waals surface area contributed by atoms with E-state index in [1.807, 2.05) is 48.1 Å². The molecule has 7 nitrogen and oxygen atoms in total. The highest BCUT2D eigenvalue weighted by Crippen LogP contribution is 2.33. The van der Waals surface area contributed by atoms with Crippen LogP contribution >= 0.6 is 46.3 Å². The molecule has 0 aliphatic rings. The zero-order chi connectivity index (χ0) is 24.1. The van der Waals surface area contributed by atoms with Crippen molar-refractivity contribution in [1.82, 2.24) is 19.7 Å². The number of carbonyl (C=O) groups is 1. The van der Waals surface area contributed by atoms with Gasteiger partial charge in [0.2, 0.25) is 5.91 Å². The number of nitrogens with zero attached hydrogens (tertiary/aromatic N) is 4. The molecule has 176 valence electrons. The third kappa shape index (κ3) is 5.55. The van der Waals surface area contributed by atoms with Crippen molar-refractivity contribution in [2.45, 2.75) is 25.5 Å². The number of hydrogen-bond acceptors (Lipinski definition) is 7. The fraction of sp³-hybridized carbons (Fsp3) is 0.217. The lowest BCUT2D eigenvalue weighted by molar-refractivity contribution is -0.113. The number of carbonyl (C=O) groups excluding carboxylic acids is 1. The molecule has 2 heterocycles. The summed E-state index contributed by atoms with van der Waals surface area (Å²) in [6.45, 7) is 5.17. The summed E-state index contributed by atoms with van der Waals surface area (Å²) in [5, 5.41) is 15.6. The SMILES string of the molecule is CCOc1ccccc1-c1nnc(SCC(=O)Nc2nc(-c3ccc(Cl)cc3Cl)cs2)n1CC. The Morgan fingerprint density at radius 3 is 2.74 bits per heavy atom. The molecule has 0 unspecified atom stereocenters. The van der Waals surface area contributed by atoms with Gasteiger partial charge < -0.3 is 14.6 Å². The summed E-state index contributed by atoms with van der Waals surface area (Å²) in [4.78, 5) is 17.0. The standard InChI is InChI=1S/C23H21Cl2N5O2S2/c1-3-30-21(16-7-5-6-8-19(16)32-4-2)28-29-23(30)34-13-20(31)27-22-26-18(12-33-22)15-10-9-14(24)11-17(15)25/h5-12H,3-4,13H2,1-2H3,(H,26,27,31). The van der Waals surface area contributed by atoms with Gasteiger partial charge in [-0.15, -0.1) is 21.5 Å². The number of ether oxygens (including phenoxy) is 1. The first-order valence-electron chi connectivity index (χ1n) is 10.5. The monoisotopic (exact) mass is 533 g/mol. The van der Waals surface area contributed by atoms with Gasteiger partial charge in [-0.2, -0.15) is 0 Å². The van der Waals surface area contributed by atoms with Crippen molar-refractivity contribution in [3.63, 3.8) is 0 Å². The van der Waals surface area contributed by atoms with Crippen LogP contribution in [0.4, 0.5) is 5.13 Å². The van der Waals surface area contributed by atoms with E-state index in [0.29, 0.717) is 45.0 Å². The Morgan fingerprint density at radius 1 is 1.15 bits per heavy atom. The first-order chi connectivity index (χ1) is 16.5. The molecule has 0 fully saturated rings. The third-order valence-electron chi connectivity index (χ3n) is 4.75. The molecule has 34 heavy (non-hydrogen) atoms. The summed E-state index contributed by atoms with van der Waals surface area (Å²) in [6.07, 6.45) is 0. The Morgan fingerprint density at radius 2 is 1.97 bits per heavy atom. The van der Waals surface area contributed by atoms with E-state index in [9.17, 15) is 4.79 Å². The molecule has 0 aliphatic carbocycles. The average molecular weight is 534 g/mol. The fourth-order valence-corrected chi connectivity index (χ4v) is 5.28. The first kappa shape index (κ1) is 24.5. The van der Waals surface area contributed by atoms with Crippen LogP contribution in [0.15, 0.2) is 53.0 Å². The zero-order valence-corrected chi connectivity index (χ0v) is 21.6. The number of benzene rings is 2. The molecule has 0 radical (unpaired) electrons. The Hall–Kier alpha value is -2.59. The summed E-state index contributed by atoms with van der Waals surface area (Å²) in [6, 6.07) is 12.9. The Balaban J connectivity index is 1.43. The van der Waals surface area contributed by atoms with Crippen LogP contribution in [0.3, 0.4) is 0 Å². The average Bonchev–Trinajstić information content (AvgIpc) is 3.45. The van der Waals surface area contributed by atoms with Crippen LogP contribution in [0.5, 0.6) is 5.75 Å². The molecule has 0 spiro atoms. The molecule has 4 aromatic rings. The molecule has 1 amide bonds. The van der Waals surface area contributed by atoms with E-state index in [1.54, 1.807) is 18.2 Å². The predicted octanol–water partition coefficient (Wildman–Crippen LogP) is 6.52. The molecular formula is C23H21Cl2N5O2S2. The molecule has 0 aliphatic heterocycles. The Kier molecular flexibility index (Phi) is 8.10. The number of halogens is 2. The van der Waals surface area contributed by atoms with Crippen LogP contribution in [-0.4, -0.2) is 38.0 Å². The molecule has 0 atom stereocenters. The largest absolute Gasteiger partial charge is 0.493 e. The minimum absolute atomic E-state index is 0.169. The summed E-state index contributed by atoms with van der Waals surface area (Å²) in [5.41, 5.74) is 2.30. The molecular weight excluding hydrogens is 513 g/mol. The van der Waals surface area contributed by atoms with Crippen molar-refractivity contribution in [1.29, 1.82) is 0 Å². The quantitative estimate of drug-likeness (QED) is 0.246. The lowest BCUT2D eigenvalue weighted by Gasteiger charge is -2.11. The lowest BCUT2D eigenvalue weighted by atomic mass is 10.2. The minimum Gasteiger partial charge on any atom is -0.493 e. The second-order valence-corrected chi connectivity index (χ2v) is 9.62. The third-order valence-corrected chi connectivity index (χ3v) is 7.02. The molecule has 0 bridgehead atoms. The number of thioether (sulfide) groups is 1. The van der Waals surface area contributed by atoms with E-state index < -0.39 is 0 Å². The van der Waals surface area contributed by atoms with Crippen LogP contribution in [-0.2, 0) is 11.3 Å². The maximum Gasteiger partial charge on any atom is 0.236 e. The molecule has 4 rings (SSSR count). The second kappa shape index (κ2) is 11.2. The van der Waals surface area contributed by atoms with Gasteiger partial charge in [0.05, 0.1) is 28.6 Å². The van der Waals surface area contributed by atoms with Crippen molar-refractivity contribution in [3.8, 4) is 28.4 Å². The second-order valence-electron chi connectivity index (χ2n) is 6.98. The summed E-state index contributed by atoms with van der Waals surface area (Å²) in [5.74, 6) is 1.44. The molecule has 0 saturated carbocycles. The van der Waals surface area contributed by atoms with E-state index in [0.717, 1.165) is 16.9 Å². The van der Waals surface area contributed by atoms with Gasteiger partial charge in [-0.25, -0.2) is 4.98 Å². The fourth-order valence-electron chi connectivity index (χ4n) is 3.25. The molecule has 2 aromatic carbocycles. The number of anilines is 1. The van der Waals surface area contributed by atoms with Crippen LogP contribution in [0, 0.1) is 0 Å². The molecule has 2 aromatic heterocycles. The topological polar surface area (TPSA) is 81.9 Å². The van der Waals surface area contributed by atoms with Gasteiger partial charge in [-0.3, -0.25) is 4.79 Å². The number of para-hydroxylation sites is 1. The maximum absolute atomic E-state index is 12.6. The van der Waals surface area contributed by atoms with Crippen molar-refractivity contribution < 1.29 is 9.53 Å². The highest BCUT2D eigenvalue weighted by molar-refractivity contribution is 7.99. The summed E-state index contributed by atoms with van der Waals surface area (Å²) in [7, 11) is 0. The molecule has 0 saturated heterocycles. The number of amides is 1. The van der Waals surface area contributed by atoms with Crippen LogP contribution in [0.1, 0.15) is 13.8 Å². The smallest absolute Gasteiger partial charge is 0.236 e. The van der Waals surface area contributed by atoms with E-state index in [2.05, 4.69) is 20.5 Å². The van der Waals surface area contributed by atoms with Gasteiger partial charge in [-0.05, 0) is 44.2 Å². The maximum atomic E-state index is 12.6. The Bertz CT molecular complexity index is 1310. The summed E-state index contributed by atoms with van der Waals surface area (Å²) < 4.78 is 7.71. The van der Waals surface area contributed by atoms with E-state index in [4.69, 9.17) is 27.9 Å². The molecule has 11 heteroatoms. The van der Waals surface area contributed by atoms with Crippen LogP contribution < -0.4 is 10.1 Å². The van der Waals surface area contributed by atoms with Crippen molar-refractivity contribution in [3.05, 3.63) is 57.9 Å². The Labute approximate surface area is 215 Å². The van der Waals surface area contributed by atoms with Crippen molar-refractivity contribution in [2.75, 3.05) is 17.7 Å². The van der Waals surface area contributed by atoms with Crippen LogP contribution in [0.25, 0.3) is 22.6 Å². The number of hydrogen-bond donors (Lipinski definition) is 1. The number of thiazole rings is 1. The van der Waals surface area contributed by atoms with Gasteiger partial charge in [0.1, 0.15) is 5.75 Å².